The Morgan fingerprint density at radius 3 is 2.41 bits per heavy atom. The molecule has 2 aliphatic carbocycles. The zero-order valence-corrected chi connectivity index (χ0v) is 18.5. The largest absolute Gasteiger partial charge is 0.351 e. The van der Waals surface area contributed by atoms with Crippen LogP contribution in [0.3, 0.4) is 0 Å². The first kappa shape index (κ1) is 21.2. The van der Waals surface area contributed by atoms with E-state index in [1.165, 1.54) is 12.5 Å². The lowest BCUT2D eigenvalue weighted by atomic mass is 9.69. The van der Waals surface area contributed by atoms with Gasteiger partial charge in [-0.05, 0) is 43.4 Å². The van der Waals surface area contributed by atoms with Crippen LogP contribution in [0, 0.1) is 5.82 Å². The number of amides is 2. The summed E-state index contributed by atoms with van der Waals surface area (Å²) in [4.78, 5) is 29.7. The third kappa shape index (κ3) is 3.52. The molecule has 3 aliphatic rings. The van der Waals surface area contributed by atoms with Gasteiger partial charge in [0.1, 0.15) is 5.82 Å². The summed E-state index contributed by atoms with van der Waals surface area (Å²) in [5.74, 6) is -0.748. The second-order valence-corrected chi connectivity index (χ2v) is 9.61. The quantitative estimate of drug-likeness (QED) is 0.707. The van der Waals surface area contributed by atoms with Crippen molar-refractivity contribution in [2.45, 2.75) is 81.8 Å². The molecule has 1 spiro atoms. The molecular formula is C27H31FN2O2. The smallest absolute Gasteiger partial charge is 0.254 e. The number of carbonyl (C=O) groups excluding carboxylic acids is 2. The number of benzene rings is 2. The van der Waals surface area contributed by atoms with Gasteiger partial charge in [0.05, 0.1) is 11.5 Å². The number of nitrogens with one attached hydrogen (secondary N) is 1. The van der Waals surface area contributed by atoms with Gasteiger partial charge in [0.2, 0.25) is 5.91 Å². The van der Waals surface area contributed by atoms with Gasteiger partial charge in [0.15, 0.2) is 0 Å². The lowest BCUT2D eigenvalue weighted by Gasteiger charge is -2.54. The van der Waals surface area contributed by atoms with Crippen molar-refractivity contribution >= 4 is 11.8 Å². The van der Waals surface area contributed by atoms with Crippen LogP contribution in [0.15, 0.2) is 48.5 Å². The normalized spacial score (nSPS) is 22.7. The molecule has 0 bridgehead atoms. The lowest BCUT2D eigenvalue weighted by Crippen LogP contribution is -2.63. The number of hydrogen-bond acceptors (Lipinski definition) is 2. The topological polar surface area (TPSA) is 49.4 Å². The van der Waals surface area contributed by atoms with Crippen LogP contribution in [-0.4, -0.2) is 28.3 Å². The summed E-state index contributed by atoms with van der Waals surface area (Å²) in [6.07, 6.45) is 9.26. The van der Waals surface area contributed by atoms with E-state index in [-0.39, 0.29) is 30.2 Å². The Morgan fingerprint density at radius 2 is 1.66 bits per heavy atom. The van der Waals surface area contributed by atoms with Crippen LogP contribution in [0.5, 0.6) is 0 Å². The zero-order chi connectivity index (χ0) is 22.1. The molecule has 2 saturated carbocycles. The number of nitrogens with zero attached hydrogens (tertiary/aromatic N) is 1. The second-order valence-electron chi connectivity index (χ2n) is 9.61. The van der Waals surface area contributed by atoms with Crippen molar-refractivity contribution in [3.05, 3.63) is 71.0 Å². The predicted octanol–water partition coefficient (Wildman–Crippen LogP) is 5.33. The Morgan fingerprint density at radius 1 is 0.969 bits per heavy atom. The third-order valence-electron chi connectivity index (χ3n) is 7.82. The molecule has 1 aliphatic heterocycles. The highest BCUT2D eigenvalue weighted by Crippen LogP contribution is 2.52. The molecule has 0 radical (unpaired) electrons. The van der Waals surface area contributed by atoms with Crippen LogP contribution >= 0.6 is 0 Å². The highest BCUT2D eigenvalue weighted by atomic mass is 19.1. The summed E-state index contributed by atoms with van der Waals surface area (Å²) in [5.41, 5.74) is 1.48. The maximum atomic E-state index is 14.2. The van der Waals surface area contributed by atoms with E-state index in [2.05, 4.69) is 10.2 Å². The molecule has 32 heavy (non-hydrogen) atoms. The molecule has 1 unspecified atom stereocenters. The molecule has 1 N–H and O–H groups in total. The molecule has 5 heteroatoms. The van der Waals surface area contributed by atoms with Crippen molar-refractivity contribution in [2.24, 2.45) is 0 Å². The zero-order valence-electron chi connectivity index (χ0n) is 18.5. The summed E-state index contributed by atoms with van der Waals surface area (Å²) < 4.78 is 14.2. The van der Waals surface area contributed by atoms with Gasteiger partial charge in [-0.15, -0.1) is 0 Å². The monoisotopic (exact) mass is 434 g/mol. The van der Waals surface area contributed by atoms with E-state index in [0.717, 1.165) is 56.9 Å². The van der Waals surface area contributed by atoms with E-state index >= 15 is 0 Å². The minimum Gasteiger partial charge on any atom is -0.351 e. The average molecular weight is 435 g/mol. The molecule has 2 aromatic carbocycles. The third-order valence-corrected chi connectivity index (χ3v) is 7.82. The van der Waals surface area contributed by atoms with Gasteiger partial charge in [-0.3, -0.25) is 9.59 Å². The summed E-state index contributed by atoms with van der Waals surface area (Å²) in [6, 6.07) is 14.4. The van der Waals surface area contributed by atoms with Crippen molar-refractivity contribution in [1.29, 1.82) is 0 Å². The van der Waals surface area contributed by atoms with E-state index in [1.54, 1.807) is 18.2 Å². The van der Waals surface area contributed by atoms with Crippen molar-refractivity contribution in [1.82, 2.24) is 10.2 Å². The van der Waals surface area contributed by atoms with Gasteiger partial charge in [0.25, 0.3) is 5.91 Å². The highest BCUT2D eigenvalue weighted by Gasteiger charge is 2.57. The SMILES string of the molecule is O=C(NCc1ccccc1F)C1c2ccccc2C(=O)N(C2CCCCC2)C12CCCC2. The first-order valence-electron chi connectivity index (χ1n) is 12.1. The highest BCUT2D eigenvalue weighted by molar-refractivity contribution is 6.02. The average Bonchev–Trinajstić information content (AvgIpc) is 3.29. The standard InChI is InChI=1S/C27H31FN2O2/c28-23-15-7-4-10-19(23)18-29-25(31)24-21-13-5-6-14-22(21)26(32)30(20-11-2-1-3-12-20)27(24)16-8-9-17-27/h4-7,10,13-15,20,24H,1-3,8-9,11-12,16-18H2,(H,29,31). The van der Waals surface area contributed by atoms with Crippen LogP contribution in [0.25, 0.3) is 0 Å². The molecule has 5 rings (SSSR count). The predicted molar refractivity (Wildman–Crippen MR) is 122 cm³/mol. The molecule has 0 aromatic heterocycles. The summed E-state index contributed by atoms with van der Waals surface area (Å²) in [5, 5.41) is 3.02. The number of hydrogen-bond donors (Lipinski definition) is 1. The van der Waals surface area contributed by atoms with Gasteiger partial charge in [-0.2, -0.15) is 0 Å². The van der Waals surface area contributed by atoms with Crippen molar-refractivity contribution in [3.8, 4) is 0 Å². The van der Waals surface area contributed by atoms with Gasteiger partial charge >= 0.3 is 0 Å². The van der Waals surface area contributed by atoms with Crippen LogP contribution < -0.4 is 5.32 Å². The Hall–Kier alpha value is -2.69. The number of fused-ring (bicyclic) bond motifs is 1. The molecule has 1 atom stereocenters. The van der Waals surface area contributed by atoms with Crippen LogP contribution in [0.1, 0.15) is 85.2 Å². The fourth-order valence-corrected chi connectivity index (χ4v) is 6.40. The maximum absolute atomic E-state index is 14.2. The molecule has 2 amide bonds. The maximum Gasteiger partial charge on any atom is 0.254 e. The Labute approximate surface area is 189 Å². The van der Waals surface area contributed by atoms with E-state index in [9.17, 15) is 14.0 Å². The van der Waals surface area contributed by atoms with E-state index in [0.29, 0.717) is 11.1 Å². The van der Waals surface area contributed by atoms with Crippen molar-refractivity contribution in [2.75, 3.05) is 0 Å². The first-order valence-corrected chi connectivity index (χ1v) is 12.1. The fourth-order valence-electron chi connectivity index (χ4n) is 6.40. The molecule has 0 saturated heterocycles. The minimum atomic E-state index is -0.479. The molecule has 168 valence electrons. The minimum absolute atomic E-state index is 0.0903. The van der Waals surface area contributed by atoms with Crippen molar-refractivity contribution < 1.29 is 14.0 Å². The second kappa shape index (κ2) is 8.68. The molecule has 2 aromatic rings. The van der Waals surface area contributed by atoms with Gasteiger partial charge < -0.3 is 10.2 Å². The van der Waals surface area contributed by atoms with E-state index in [4.69, 9.17) is 0 Å². The Balaban J connectivity index is 1.54. The number of carbonyl (C=O) groups is 2. The van der Waals surface area contributed by atoms with Crippen LogP contribution in [0.2, 0.25) is 0 Å². The van der Waals surface area contributed by atoms with Crippen LogP contribution in [0.4, 0.5) is 4.39 Å². The summed E-state index contributed by atoms with van der Waals surface area (Å²) >= 11 is 0. The molecule has 1 heterocycles. The number of rotatable bonds is 4. The molecule has 2 fully saturated rings. The van der Waals surface area contributed by atoms with Crippen molar-refractivity contribution in [3.63, 3.8) is 0 Å². The van der Waals surface area contributed by atoms with Crippen LogP contribution in [-0.2, 0) is 11.3 Å². The van der Waals surface area contributed by atoms with E-state index in [1.807, 2.05) is 24.3 Å². The van der Waals surface area contributed by atoms with Gasteiger partial charge in [-0.25, -0.2) is 4.39 Å². The first-order chi connectivity index (χ1) is 15.6. The molecule has 4 nitrogen and oxygen atoms in total. The summed E-state index contributed by atoms with van der Waals surface area (Å²) in [7, 11) is 0. The molecular weight excluding hydrogens is 403 g/mol. The number of halogens is 1. The lowest BCUT2D eigenvalue weighted by molar-refractivity contribution is -0.127. The van der Waals surface area contributed by atoms with Gasteiger partial charge in [0, 0.05) is 23.7 Å². The Kier molecular flexibility index (Phi) is 5.75. The van der Waals surface area contributed by atoms with Gasteiger partial charge in [-0.1, -0.05) is 68.5 Å². The fraction of sp³-hybridized carbons (Fsp3) is 0.481. The summed E-state index contributed by atoms with van der Waals surface area (Å²) in [6.45, 7) is 0.150. The Bertz CT molecular complexity index is 1010. The van der Waals surface area contributed by atoms with E-state index < -0.39 is 11.5 Å².